The third-order valence-corrected chi connectivity index (χ3v) is 4.58. The highest BCUT2D eigenvalue weighted by Crippen LogP contribution is 2.24. The molecule has 1 aliphatic rings. The van der Waals surface area contributed by atoms with E-state index in [1.54, 1.807) is 14.2 Å². The lowest BCUT2D eigenvalue weighted by Crippen LogP contribution is -2.42. The molecule has 2 rings (SSSR count). The summed E-state index contributed by atoms with van der Waals surface area (Å²) in [6, 6.07) is 7.87. The van der Waals surface area contributed by atoms with Crippen molar-refractivity contribution in [2.24, 2.45) is 4.99 Å². The Balaban J connectivity index is 2.12. The highest BCUT2D eigenvalue weighted by Gasteiger charge is 2.29. The fourth-order valence-electron chi connectivity index (χ4n) is 3.09. The second kappa shape index (κ2) is 8.67. The molecule has 1 saturated heterocycles. The SMILES string of the molecule is CCCC/C(C)=C1/CCN(Cc2ccc(OC)cc2)C(=O)C1=NC. The van der Waals surface area contributed by atoms with Crippen LogP contribution >= 0.6 is 0 Å². The van der Waals surface area contributed by atoms with Gasteiger partial charge in [-0.1, -0.05) is 31.1 Å². The van der Waals surface area contributed by atoms with Crippen molar-refractivity contribution in [2.75, 3.05) is 20.7 Å². The topological polar surface area (TPSA) is 41.9 Å². The van der Waals surface area contributed by atoms with Crippen LogP contribution in [-0.4, -0.2) is 37.2 Å². The van der Waals surface area contributed by atoms with Gasteiger partial charge in [0.25, 0.3) is 5.91 Å². The predicted molar refractivity (Wildman–Crippen MR) is 98.6 cm³/mol. The van der Waals surface area contributed by atoms with Crippen LogP contribution in [0.4, 0.5) is 0 Å². The normalized spacial score (nSPS) is 18.9. The van der Waals surface area contributed by atoms with E-state index in [1.165, 1.54) is 12.0 Å². The number of allylic oxidation sites excluding steroid dienone is 1. The number of carbonyl (C=O) groups is 1. The van der Waals surface area contributed by atoms with Gasteiger partial charge in [0.2, 0.25) is 0 Å². The smallest absolute Gasteiger partial charge is 0.272 e. The Kier molecular flexibility index (Phi) is 6.59. The number of nitrogens with zero attached hydrogens (tertiary/aromatic N) is 2. The fourth-order valence-corrected chi connectivity index (χ4v) is 3.09. The summed E-state index contributed by atoms with van der Waals surface area (Å²) in [5, 5.41) is 0. The van der Waals surface area contributed by atoms with Crippen molar-refractivity contribution in [1.29, 1.82) is 0 Å². The number of benzene rings is 1. The number of unbranched alkanes of at least 4 members (excludes halogenated alkanes) is 1. The van der Waals surface area contributed by atoms with Crippen LogP contribution in [0.25, 0.3) is 0 Å². The van der Waals surface area contributed by atoms with E-state index in [4.69, 9.17) is 4.74 Å². The Morgan fingerprint density at radius 2 is 2.00 bits per heavy atom. The molecule has 1 aromatic rings. The standard InChI is InChI=1S/C20H28N2O2/c1-5-6-7-15(2)18-12-13-22(20(23)19(18)21-3)14-16-8-10-17(24-4)11-9-16/h8-11H,5-7,12-14H2,1-4H3/b18-15-,21-19?. The van der Waals surface area contributed by atoms with E-state index in [-0.39, 0.29) is 5.91 Å². The van der Waals surface area contributed by atoms with Gasteiger partial charge in [0.15, 0.2) is 0 Å². The summed E-state index contributed by atoms with van der Waals surface area (Å²) in [4.78, 5) is 19.0. The summed E-state index contributed by atoms with van der Waals surface area (Å²) in [5.41, 5.74) is 4.22. The monoisotopic (exact) mass is 328 g/mol. The third kappa shape index (κ3) is 4.25. The number of carbonyl (C=O) groups excluding carboxylic acids is 1. The Morgan fingerprint density at radius 1 is 1.29 bits per heavy atom. The van der Waals surface area contributed by atoms with E-state index < -0.39 is 0 Å². The maximum absolute atomic E-state index is 12.8. The van der Waals surface area contributed by atoms with Crippen LogP contribution < -0.4 is 4.74 Å². The lowest BCUT2D eigenvalue weighted by molar-refractivity contribution is -0.125. The van der Waals surface area contributed by atoms with Crippen molar-refractivity contribution in [3.05, 3.63) is 41.0 Å². The molecule has 4 heteroatoms. The molecule has 0 aromatic heterocycles. The van der Waals surface area contributed by atoms with E-state index >= 15 is 0 Å². The molecule has 0 N–H and O–H groups in total. The van der Waals surface area contributed by atoms with Gasteiger partial charge in [-0.25, -0.2) is 0 Å². The highest BCUT2D eigenvalue weighted by molar-refractivity contribution is 6.46. The molecule has 1 amide bonds. The molecule has 1 aromatic carbocycles. The molecule has 24 heavy (non-hydrogen) atoms. The Morgan fingerprint density at radius 3 is 2.58 bits per heavy atom. The minimum atomic E-state index is 0.0467. The number of amides is 1. The van der Waals surface area contributed by atoms with Crippen LogP contribution in [0.5, 0.6) is 5.75 Å². The number of ether oxygens (including phenoxy) is 1. The molecule has 0 bridgehead atoms. The van der Waals surface area contributed by atoms with Gasteiger partial charge >= 0.3 is 0 Å². The van der Waals surface area contributed by atoms with Gasteiger partial charge in [0, 0.05) is 20.1 Å². The first-order valence-electron chi connectivity index (χ1n) is 8.68. The van der Waals surface area contributed by atoms with E-state index in [0.717, 1.165) is 42.7 Å². The quantitative estimate of drug-likeness (QED) is 0.792. The highest BCUT2D eigenvalue weighted by atomic mass is 16.5. The minimum absolute atomic E-state index is 0.0467. The van der Waals surface area contributed by atoms with Crippen LogP contribution in [0, 0.1) is 0 Å². The largest absolute Gasteiger partial charge is 0.497 e. The number of hydrogen-bond acceptors (Lipinski definition) is 3. The van der Waals surface area contributed by atoms with E-state index in [2.05, 4.69) is 18.8 Å². The molecule has 1 heterocycles. The van der Waals surface area contributed by atoms with Crippen LogP contribution in [-0.2, 0) is 11.3 Å². The third-order valence-electron chi connectivity index (χ3n) is 4.58. The molecule has 0 spiro atoms. The van der Waals surface area contributed by atoms with Gasteiger partial charge in [-0.3, -0.25) is 9.79 Å². The first-order chi connectivity index (χ1) is 11.6. The lowest BCUT2D eigenvalue weighted by atomic mass is 9.93. The zero-order valence-electron chi connectivity index (χ0n) is 15.3. The lowest BCUT2D eigenvalue weighted by Gasteiger charge is -2.30. The van der Waals surface area contributed by atoms with Crippen molar-refractivity contribution in [3.63, 3.8) is 0 Å². The molecule has 0 atom stereocenters. The number of aliphatic imine (C=N–C) groups is 1. The van der Waals surface area contributed by atoms with Gasteiger partial charge in [-0.2, -0.15) is 0 Å². The average molecular weight is 328 g/mol. The van der Waals surface area contributed by atoms with Crippen LogP contribution in [0.3, 0.4) is 0 Å². The molecule has 0 aliphatic carbocycles. The summed E-state index contributed by atoms with van der Waals surface area (Å²) < 4.78 is 5.18. The molecule has 0 unspecified atom stereocenters. The summed E-state index contributed by atoms with van der Waals surface area (Å²) in [6.07, 6.45) is 4.28. The number of piperidine rings is 1. The second-order valence-corrected chi connectivity index (χ2v) is 6.26. The predicted octanol–water partition coefficient (Wildman–Crippen LogP) is 4.01. The Hall–Kier alpha value is -2.10. The minimum Gasteiger partial charge on any atom is -0.497 e. The Bertz CT molecular complexity index is 630. The van der Waals surface area contributed by atoms with Gasteiger partial charge in [0.05, 0.1) is 7.11 Å². The zero-order valence-corrected chi connectivity index (χ0v) is 15.3. The van der Waals surface area contributed by atoms with Crippen molar-refractivity contribution < 1.29 is 9.53 Å². The van der Waals surface area contributed by atoms with Gasteiger partial charge in [0.1, 0.15) is 11.5 Å². The number of hydrogen-bond donors (Lipinski definition) is 0. The summed E-state index contributed by atoms with van der Waals surface area (Å²) >= 11 is 0. The van der Waals surface area contributed by atoms with Gasteiger partial charge in [-0.15, -0.1) is 0 Å². The molecule has 4 nitrogen and oxygen atoms in total. The number of methoxy groups -OCH3 is 1. The maximum Gasteiger partial charge on any atom is 0.272 e. The van der Waals surface area contributed by atoms with Crippen molar-refractivity contribution in [1.82, 2.24) is 4.90 Å². The molecule has 130 valence electrons. The molecule has 1 aliphatic heterocycles. The van der Waals surface area contributed by atoms with E-state index in [1.807, 2.05) is 29.2 Å². The van der Waals surface area contributed by atoms with Crippen LogP contribution in [0.1, 0.15) is 45.1 Å². The number of likely N-dealkylation sites (tertiary alicyclic amines) is 1. The van der Waals surface area contributed by atoms with E-state index in [9.17, 15) is 4.79 Å². The van der Waals surface area contributed by atoms with Crippen molar-refractivity contribution in [2.45, 2.75) is 46.1 Å². The van der Waals surface area contributed by atoms with Crippen molar-refractivity contribution >= 4 is 11.6 Å². The van der Waals surface area contributed by atoms with Crippen molar-refractivity contribution in [3.8, 4) is 5.75 Å². The summed E-state index contributed by atoms with van der Waals surface area (Å²) in [6.45, 7) is 5.70. The molecular weight excluding hydrogens is 300 g/mol. The van der Waals surface area contributed by atoms with Gasteiger partial charge < -0.3 is 9.64 Å². The summed E-state index contributed by atoms with van der Waals surface area (Å²) in [7, 11) is 3.37. The molecule has 0 saturated carbocycles. The van der Waals surface area contributed by atoms with Gasteiger partial charge in [-0.05, 0) is 49.5 Å². The molecular formula is C20H28N2O2. The Labute approximate surface area is 145 Å². The van der Waals surface area contributed by atoms with Crippen LogP contribution in [0.15, 0.2) is 40.4 Å². The van der Waals surface area contributed by atoms with E-state index in [0.29, 0.717) is 12.3 Å². The zero-order chi connectivity index (χ0) is 17.5. The fraction of sp³-hybridized carbons (Fsp3) is 0.500. The summed E-state index contributed by atoms with van der Waals surface area (Å²) in [5.74, 6) is 0.877. The molecule has 0 radical (unpaired) electrons. The number of rotatable bonds is 6. The first-order valence-corrected chi connectivity index (χ1v) is 8.68. The maximum atomic E-state index is 12.8. The second-order valence-electron chi connectivity index (χ2n) is 6.26. The first kappa shape index (κ1) is 18.2. The molecule has 1 fully saturated rings. The van der Waals surface area contributed by atoms with Crippen LogP contribution in [0.2, 0.25) is 0 Å². The average Bonchev–Trinajstić information content (AvgIpc) is 2.61.